The van der Waals surface area contributed by atoms with Gasteiger partial charge in [-0.05, 0) is 42.7 Å². The number of amides is 3. The number of benzene rings is 2. The van der Waals surface area contributed by atoms with Crippen molar-refractivity contribution in [1.82, 2.24) is 16.0 Å². The van der Waals surface area contributed by atoms with Crippen LogP contribution in [-0.4, -0.2) is 117 Å². The number of hydrogen-bond donors (Lipinski definition) is 3. The minimum atomic E-state index is -2.36. The molecule has 0 aliphatic carbocycles. The van der Waals surface area contributed by atoms with Gasteiger partial charge in [-0.25, -0.2) is 4.79 Å². The zero-order valence-electron chi connectivity index (χ0n) is 34.2. The van der Waals surface area contributed by atoms with E-state index in [9.17, 15) is 38.4 Å². The molecule has 0 spiro atoms. The van der Waals surface area contributed by atoms with Crippen LogP contribution in [0.3, 0.4) is 0 Å². The third-order valence-corrected chi connectivity index (χ3v) is 9.17. The molecule has 0 unspecified atom stereocenters. The zero-order valence-corrected chi connectivity index (χ0v) is 34.9. The van der Waals surface area contributed by atoms with Crippen molar-refractivity contribution >= 4 is 59.2 Å². The van der Waals surface area contributed by atoms with Crippen LogP contribution in [0.5, 0.6) is 0 Å². The number of rotatable bonds is 22. The molecule has 1 aliphatic heterocycles. The SMILES string of the molecule is COC(=O)[C@@]1(OCCCCCCNC(=O)c2ccccc2)C[C@H](OC(C)=O)[C@@H](NC(=O)COC(C)=O)[C@H]([C@H](OC(C)=O)[C@@H](CNC(=O)Cc2ccc(Cl)cc2)OC(C)=O)O1. The highest BCUT2D eigenvalue weighted by molar-refractivity contribution is 6.30. The summed E-state index contributed by atoms with van der Waals surface area (Å²) < 4.78 is 39.3. The molecule has 3 rings (SSSR count). The van der Waals surface area contributed by atoms with Crippen LogP contribution < -0.4 is 16.0 Å². The van der Waals surface area contributed by atoms with Gasteiger partial charge in [0.2, 0.25) is 5.91 Å². The molecule has 0 bridgehead atoms. The van der Waals surface area contributed by atoms with E-state index in [0.717, 1.165) is 34.8 Å². The second kappa shape index (κ2) is 24.5. The molecule has 1 heterocycles. The van der Waals surface area contributed by atoms with E-state index >= 15 is 0 Å². The van der Waals surface area contributed by atoms with Gasteiger partial charge < -0.3 is 49.1 Å². The lowest BCUT2D eigenvalue weighted by Crippen LogP contribution is -2.70. The van der Waals surface area contributed by atoms with Gasteiger partial charge in [0, 0.05) is 44.8 Å². The number of esters is 5. The normalized spacial score (nSPS) is 19.3. The molecule has 19 heteroatoms. The van der Waals surface area contributed by atoms with Crippen LogP contribution in [0.1, 0.15) is 75.7 Å². The number of ether oxygens (including phenoxy) is 7. The Hall–Kier alpha value is -5.59. The number of halogens is 1. The van der Waals surface area contributed by atoms with Crippen molar-refractivity contribution in [2.75, 3.05) is 33.4 Å². The molecule has 3 N–H and O–H groups in total. The molecule has 2 aromatic carbocycles. The molecule has 0 aromatic heterocycles. The predicted molar refractivity (Wildman–Crippen MR) is 211 cm³/mol. The number of carbonyl (C=O) groups excluding carboxylic acids is 8. The first-order valence-corrected chi connectivity index (χ1v) is 19.6. The maximum absolute atomic E-state index is 13.7. The zero-order chi connectivity index (χ0) is 44.2. The van der Waals surface area contributed by atoms with Gasteiger partial charge >= 0.3 is 29.8 Å². The van der Waals surface area contributed by atoms with Crippen LogP contribution in [0.15, 0.2) is 54.6 Å². The molecular formula is C41H52ClN3O15. The van der Waals surface area contributed by atoms with E-state index in [-0.39, 0.29) is 18.9 Å². The molecule has 0 radical (unpaired) electrons. The van der Waals surface area contributed by atoms with Crippen molar-refractivity contribution in [3.8, 4) is 0 Å². The van der Waals surface area contributed by atoms with Crippen molar-refractivity contribution < 1.29 is 71.5 Å². The quantitative estimate of drug-likeness (QED) is 0.0876. The van der Waals surface area contributed by atoms with Crippen LogP contribution in [0.25, 0.3) is 0 Å². The molecule has 1 fully saturated rings. The van der Waals surface area contributed by atoms with Crippen molar-refractivity contribution in [1.29, 1.82) is 0 Å². The summed E-state index contributed by atoms with van der Waals surface area (Å²) in [5.74, 6) is -8.53. The fourth-order valence-electron chi connectivity index (χ4n) is 6.31. The first-order chi connectivity index (χ1) is 28.5. The minimum absolute atomic E-state index is 0.110. The summed E-state index contributed by atoms with van der Waals surface area (Å²) in [5, 5.41) is 8.52. The summed E-state index contributed by atoms with van der Waals surface area (Å²) in [5.41, 5.74) is 1.14. The Balaban J connectivity index is 1.93. The van der Waals surface area contributed by atoms with E-state index in [1.807, 2.05) is 6.07 Å². The number of carbonyl (C=O) groups is 8. The maximum Gasteiger partial charge on any atom is 0.366 e. The highest BCUT2D eigenvalue weighted by atomic mass is 35.5. The molecule has 3 amide bonds. The molecule has 6 atom stereocenters. The molecule has 0 saturated carbocycles. The molecule has 1 saturated heterocycles. The second-order valence-corrected chi connectivity index (χ2v) is 14.2. The Labute approximate surface area is 352 Å². The first kappa shape index (κ1) is 48.8. The highest BCUT2D eigenvalue weighted by Crippen LogP contribution is 2.37. The van der Waals surface area contributed by atoms with Gasteiger partial charge in [0.15, 0.2) is 18.8 Å². The molecule has 2 aromatic rings. The maximum atomic E-state index is 13.7. The average Bonchev–Trinajstić information content (AvgIpc) is 3.20. The van der Waals surface area contributed by atoms with Crippen molar-refractivity contribution in [3.63, 3.8) is 0 Å². The van der Waals surface area contributed by atoms with E-state index in [1.54, 1.807) is 48.5 Å². The monoisotopic (exact) mass is 861 g/mol. The Bertz CT molecular complexity index is 1790. The molecule has 1 aliphatic rings. The Morgan fingerprint density at radius 3 is 2.08 bits per heavy atom. The van der Waals surface area contributed by atoms with E-state index < -0.39 is 97.5 Å². The summed E-state index contributed by atoms with van der Waals surface area (Å²) in [6.07, 6.45) is -4.89. The lowest BCUT2D eigenvalue weighted by molar-refractivity contribution is -0.313. The van der Waals surface area contributed by atoms with Crippen LogP contribution in [0.2, 0.25) is 5.02 Å². The fourth-order valence-corrected chi connectivity index (χ4v) is 6.44. The largest absolute Gasteiger partial charge is 0.465 e. The number of methoxy groups -OCH3 is 1. The lowest BCUT2D eigenvalue weighted by Gasteiger charge is -2.48. The van der Waals surface area contributed by atoms with E-state index in [2.05, 4.69) is 16.0 Å². The van der Waals surface area contributed by atoms with Crippen molar-refractivity contribution in [2.45, 2.75) is 102 Å². The summed E-state index contributed by atoms with van der Waals surface area (Å²) in [6, 6.07) is 13.8. The number of unbranched alkanes of at least 4 members (excludes halogenated alkanes) is 3. The van der Waals surface area contributed by atoms with E-state index in [4.69, 9.17) is 44.8 Å². The topological polar surface area (TPSA) is 237 Å². The fraction of sp³-hybridized carbons (Fsp3) is 0.512. The van der Waals surface area contributed by atoms with E-state index in [1.165, 1.54) is 0 Å². The van der Waals surface area contributed by atoms with Gasteiger partial charge in [-0.1, -0.05) is 54.8 Å². The lowest BCUT2D eigenvalue weighted by atomic mass is 9.87. The van der Waals surface area contributed by atoms with E-state index in [0.29, 0.717) is 48.4 Å². The van der Waals surface area contributed by atoms with Gasteiger partial charge in [0.05, 0.1) is 39.1 Å². The summed E-state index contributed by atoms with van der Waals surface area (Å²) in [4.78, 5) is 102. The van der Waals surface area contributed by atoms with Crippen LogP contribution in [-0.2, 0) is 73.1 Å². The Morgan fingerprint density at radius 2 is 1.47 bits per heavy atom. The molecule has 328 valence electrons. The molecule has 18 nitrogen and oxygen atoms in total. The summed E-state index contributed by atoms with van der Waals surface area (Å²) >= 11 is 5.97. The van der Waals surface area contributed by atoms with Gasteiger partial charge in [0.25, 0.3) is 17.6 Å². The third kappa shape index (κ3) is 16.2. The van der Waals surface area contributed by atoms with Crippen LogP contribution in [0, 0.1) is 0 Å². The van der Waals surface area contributed by atoms with Crippen LogP contribution in [0.4, 0.5) is 0 Å². The second-order valence-electron chi connectivity index (χ2n) is 13.8. The van der Waals surface area contributed by atoms with Gasteiger partial charge in [-0.2, -0.15) is 0 Å². The van der Waals surface area contributed by atoms with Gasteiger partial charge in [0.1, 0.15) is 12.2 Å². The third-order valence-electron chi connectivity index (χ3n) is 8.91. The minimum Gasteiger partial charge on any atom is -0.465 e. The highest BCUT2D eigenvalue weighted by Gasteiger charge is 2.59. The number of hydrogen-bond acceptors (Lipinski definition) is 15. The Morgan fingerprint density at radius 1 is 0.800 bits per heavy atom. The smallest absolute Gasteiger partial charge is 0.366 e. The van der Waals surface area contributed by atoms with Gasteiger partial charge in [-0.3, -0.25) is 33.6 Å². The summed E-state index contributed by atoms with van der Waals surface area (Å²) in [6.45, 7) is 3.30. The summed E-state index contributed by atoms with van der Waals surface area (Å²) in [7, 11) is 1.06. The standard InChI is InChI=1S/C41H52ClN3O15/c1-25(46)55-24-35(51)45-36-32(57-26(2)47)22-41(40(53)54-5,56-20-12-7-6-11-19-43-39(52)30-13-9-8-10-14-30)60-38(36)37(59-28(4)49)33(58-27(3)48)23-44-34(50)21-29-15-17-31(42)18-16-29/h8-10,13-18,32-33,36-38H,6-7,11-12,19-24H2,1-5H3,(H,43,52)(H,44,50)(H,45,51)/t32-,33+,36+,37+,38+,41+/m0/s1. The number of nitrogens with one attached hydrogen (secondary N) is 3. The van der Waals surface area contributed by atoms with Crippen molar-refractivity contribution in [2.24, 2.45) is 0 Å². The van der Waals surface area contributed by atoms with Crippen LogP contribution >= 0.6 is 11.6 Å². The average molecular weight is 862 g/mol. The van der Waals surface area contributed by atoms with Gasteiger partial charge in [-0.15, -0.1) is 0 Å². The first-order valence-electron chi connectivity index (χ1n) is 19.2. The Kier molecular flexibility index (Phi) is 19.9. The predicted octanol–water partition coefficient (Wildman–Crippen LogP) is 2.51. The molecular weight excluding hydrogens is 810 g/mol. The van der Waals surface area contributed by atoms with Crippen molar-refractivity contribution in [3.05, 3.63) is 70.7 Å². The molecule has 60 heavy (non-hydrogen) atoms.